The quantitative estimate of drug-likeness (QED) is 0.847. The Morgan fingerprint density at radius 1 is 1.17 bits per heavy atom. The SMILES string of the molecule is O=C(NCC1(O)CCCCCC1)c1cn(-c2ccccc2)nn1. The van der Waals surface area contributed by atoms with Crippen LogP contribution < -0.4 is 5.32 Å². The summed E-state index contributed by atoms with van der Waals surface area (Å²) in [5.74, 6) is -0.301. The van der Waals surface area contributed by atoms with E-state index in [9.17, 15) is 9.90 Å². The topological polar surface area (TPSA) is 80.0 Å². The van der Waals surface area contributed by atoms with Gasteiger partial charge in [0.25, 0.3) is 5.91 Å². The van der Waals surface area contributed by atoms with Crippen LogP contribution in [0.5, 0.6) is 0 Å². The van der Waals surface area contributed by atoms with Crippen LogP contribution in [0.2, 0.25) is 0 Å². The average Bonchev–Trinajstić information content (AvgIpc) is 2.97. The Hall–Kier alpha value is -2.21. The van der Waals surface area contributed by atoms with Gasteiger partial charge in [-0.1, -0.05) is 49.1 Å². The molecule has 1 aliphatic rings. The Morgan fingerprint density at radius 3 is 2.57 bits per heavy atom. The van der Waals surface area contributed by atoms with Crippen LogP contribution in [-0.4, -0.2) is 38.2 Å². The van der Waals surface area contributed by atoms with Gasteiger partial charge in [-0.25, -0.2) is 4.68 Å². The van der Waals surface area contributed by atoms with Gasteiger partial charge >= 0.3 is 0 Å². The molecule has 0 saturated heterocycles. The number of rotatable bonds is 4. The molecule has 0 aliphatic heterocycles. The van der Waals surface area contributed by atoms with Gasteiger partial charge in [0.2, 0.25) is 0 Å². The first-order valence-corrected chi connectivity index (χ1v) is 8.15. The monoisotopic (exact) mass is 314 g/mol. The number of aromatic nitrogens is 3. The smallest absolute Gasteiger partial charge is 0.273 e. The number of carbonyl (C=O) groups excluding carboxylic acids is 1. The molecule has 6 nitrogen and oxygen atoms in total. The van der Waals surface area contributed by atoms with E-state index in [1.807, 2.05) is 30.3 Å². The van der Waals surface area contributed by atoms with Gasteiger partial charge in [-0.2, -0.15) is 0 Å². The van der Waals surface area contributed by atoms with E-state index in [1.54, 1.807) is 10.9 Å². The summed E-state index contributed by atoms with van der Waals surface area (Å²) in [6, 6.07) is 9.51. The highest BCUT2D eigenvalue weighted by atomic mass is 16.3. The van der Waals surface area contributed by atoms with Crippen LogP contribution >= 0.6 is 0 Å². The summed E-state index contributed by atoms with van der Waals surface area (Å²) >= 11 is 0. The first-order valence-electron chi connectivity index (χ1n) is 8.15. The third-order valence-corrected chi connectivity index (χ3v) is 4.36. The van der Waals surface area contributed by atoms with Crippen molar-refractivity contribution in [1.82, 2.24) is 20.3 Å². The molecule has 1 aliphatic carbocycles. The van der Waals surface area contributed by atoms with Crippen molar-refractivity contribution in [2.75, 3.05) is 6.54 Å². The molecular formula is C17H22N4O2. The third kappa shape index (κ3) is 3.96. The molecule has 2 N–H and O–H groups in total. The number of nitrogens with zero attached hydrogens (tertiary/aromatic N) is 3. The van der Waals surface area contributed by atoms with Gasteiger partial charge in [0.05, 0.1) is 17.5 Å². The first-order chi connectivity index (χ1) is 11.2. The Kier molecular flexibility index (Phi) is 4.71. The predicted molar refractivity (Wildman–Crippen MR) is 86.3 cm³/mol. The third-order valence-electron chi connectivity index (χ3n) is 4.36. The summed E-state index contributed by atoms with van der Waals surface area (Å²) in [5, 5.41) is 21.3. The summed E-state index contributed by atoms with van der Waals surface area (Å²) in [6.45, 7) is 0.268. The van der Waals surface area contributed by atoms with E-state index in [0.29, 0.717) is 0 Å². The van der Waals surface area contributed by atoms with Crippen LogP contribution in [0.4, 0.5) is 0 Å². The number of aliphatic hydroxyl groups is 1. The highest BCUT2D eigenvalue weighted by molar-refractivity contribution is 5.91. The van der Waals surface area contributed by atoms with Crippen LogP contribution in [-0.2, 0) is 0 Å². The fourth-order valence-electron chi connectivity index (χ4n) is 2.97. The van der Waals surface area contributed by atoms with Crippen molar-refractivity contribution in [3.05, 3.63) is 42.2 Å². The lowest BCUT2D eigenvalue weighted by atomic mass is 9.94. The van der Waals surface area contributed by atoms with Gasteiger partial charge in [0, 0.05) is 6.54 Å². The second-order valence-electron chi connectivity index (χ2n) is 6.21. The molecule has 0 atom stereocenters. The lowest BCUT2D eigenvalue weighted by Crippen LogP contribution is -2.42. The number of carbonyl (C=O) groups is 1. The van der Waals surface area contributed by atoms with Crippen molar-refractivity contribution in [2.24, 2.45) is 0 Å². The minimum absolute atomic E-state index is 0.256. The molecule has 122 valence electrons. The number of amides is 1. The van der Waals surface area contributed by atoms with E-state index in [1.165, 1.54) is 0 Å². The maximum Gasteiger partial charge on any atom is 0.273 e. The van der Waals surface area contributed by atoms with Crippen molar-refractivity contribution in [3.63, 3.8) is 0 Å². The summed E-state index contributed by atoms with van der Waals surface area (Å²) in [6.07, 6.45) is 7.41. The molecule has 1 heterocycles. The van der Waals surface area contributed by atoms with E-state index < -0.39 is 5.60 Å². The van der Waals surface area contributed by atoms with E-state index in [4.69, 9.17) is 0 Å². The van der Waals surface area contributed by atoms with E-state index >= 15 is 0 Å². The number of hydrogen-bond acceptors (Lipinski definition) is 4. The van der Waals surface area contributed by atoms with E-state index in [2.05, 4.69) is 15.6 Å². The van der Waals surface area contributed by atoms with Gasteiger partial charge in [0.15, 0.2) is 5.69 Å². The highest BCUT2D eigenvalue weighted by Gasteiger charge is 2.28. The van der Waals surface area contributed by atoms with Crippen LogP contribution in [0, 0.1) is 0 Å². The largest absolute Gasteiger partial charge is 0.388 e. The van der Waals surface area contributed by atoms with Crippen LogP contribution in [0.15, 0.2) is 36.5 Å². The van der Waals surface area contributed by atoms with Crippen molar-refractivity contribution in [3.8, 4) is 5.69 Å². The number of nitrogens with one attached hydrogen (secondary N) is 1. The van der Waals surface area contributed by atoms with Gasteiger partial charge < -0.3 is 10.4 Å². The molecular weight excluding hydrogens is 292 g/mol. The maximum atomic E-state index is 12.2. The standard InChI is InChI=1S/C17H22N4O2/c22-16(18-13-17(23)10-6-1-2-7-11-17)15-12-21(20-19-15)14-8-4-3-5-9-14/h3-5,8-9,12,23H,1-2,6-7,10-11,13H2,(H,18,22). The minimum Gasteiger partial charge on any atom is -0.388 e. The Balaban J connectivity index is 1.61. The summed E-state index contributed by atoms with van der Waals surface area (Å²) in [4.78, 5) is 12.2. The lowest BCUT2D eigenvalue weighted by Gasteiger charge is -2.26. The number of hydrogen-bond donors (Lipinski definition) is 2. The Morgan fingerprint density at radius 2 is 1.87 bits per heavy atom. The highest BCUT2D eigenvalue weighted by Crippen LogP contribution is 2.26. The van der Waals surface area contributed by atoms with Gasteiger partial charge in [0.1, 0.15) is 0 Å². The van der Waals surface area contributed by atoms with Crippen molar-refractivity contribution >= 4 is 5.91 Å². The molecule has 1 saturated carbocycles. The van der Waals surface area contributed by atoms with Crippen molar-refractivity contribution < 1.29 is 9.90 Å². The Labute approximate surface area is 135 Å². The molecule has 0 radical (unpaired) electrons. The molecule has 1 fully saturated rings. The van der Waals surface area contributed by atoms with Gasteiger partial charge in [-0.15, -0.1) is 5.10 Å². The van der Waals surface area contributed by atoms with Crippen molar-refractivity contribution in [2.45, 2.75) is 44.1 Å². The second kappa shape index (κ2) is 6.91. The summed E-state index contributed by atoms with van der Waals surface area (Å²) < 4.78 is 1.56. The normalized spacial score (nSPS) is 17.4. The van der Waals surface area contributed by atoms with Gasteiger partial charge in [-0.05, 0) is 25.0 Å². The van der Waals surface area contributed by atoms with Crippen molar-refractivity contribution in [1.29, 1.82) is 0 Å². The van der Waals surface area contributed by atoms with E-state index in [-0.39, 0.29) is 18.1 Å². The predicted octanol–water partition coefficient (Wildman–Crippen LogP) is 2.08. The number of para-hydroxylation sites is 1. The van der Waals surface area contributed by atoms with Crippen LogP contribution in [0.1, 0.15) is 49.0 Å². The first kappa shape index (κ1) is 15.7. The summed E-state index contributed by atoms with van der Waals surface area (Å²) in [7, 11) is 0. The molecule has 3 rings (SSSR count). The molecule has 23 heavy (non-hydrogen) atoms. The average molecular weight is 314 g/mol. The molecule has 0 spiro atoms. The zero-order valence-corrected chi connectivity index (χ0v) is 13.1. The van der Waals surface area contributed by atoms with Gasteiger partial charge in [-0.3, -0.25) is 4.79 Å². The lowest BCUT2D eigenvalue weighted by molar-refractivity contribution is 0.0246. The van der Waals surface area contributed by atoms with Crippen LogP contribution in [0.25, 0.3) is 5.69 Å². The molecule has 6 heteroatoms. The number of benzene rings is 1. The Bertz CT molecular complexity index is 646. The molecule has 1 amide bonds. The maximum absolute atomic E-state index is 12.2. The molecule has 0 bridgehead atoms. The van der Waals surface area contributed by atoms with Crippen LogP contribution in [0.3, 0.4) is 0 Å². The zero-order valence-electron chi connectivity index (χ0n) is 13.1. The molecule has 1 aromatic heterocycles. The summed E-state index contributed by atoms with van der Waals surface area (Å²) in [5.41, 5.74) is 0.314. The fourth-order valence-corrected chi connectivity index (χ4v) is 2.97. The fraction of sp³-hybridized carbons (Fsp3) is 0.471. The molecule has 2 aromatic rings. The second-order valence-corrected chi connectivity index (χ2v) is 6.21. The zero-order chi connectivity index (χ0) is 16.1. The molecule has 0 unspecified atom stereocenters. The minimum atomic E-state index is -0.790. The molecule has 1 aromatic carbocycles. The van der Waals surface area contributed by atoms with E-state index in [0.717, 1.165) is 44.2 Å².